The zero-order chi connectivity index (χ0) is 13.3. The molecule has 0 aliphatic heterocycles. The Morgan fingerprint density at radius 2 is 1.56 bits per heavy atom. The van der Waals surface area contributed by atoms with E-state index >= 15 is 0 Å². The molecule has 0 fully saturated rings. The fraction of sp³-hybridized carbons (Fsp3) is 0.300. The number of hydrogen-bond acceptors (Lipinski definition) is 2. The monoisotopic (exact) mass is 294 g/mol. The molecule has 0 heterocycles. The van der Waals surface area contributed by atoms with E-state index in [4.69, 9.17) is 0 Å². The summed E-state index contributed by atoms with van der Waals surface area (Å²) in [5.41, 5.74) is -1.14. The first kappa shape index (κ1) is 17.9. The maximum atomic E-state index is 12.9. The van der Waals surface area contributed by atoms with Crippen molar-refractivity contribution < 1.29 is 57.7 Å². The molecule has 0 aliphatic carbocycles. The molecule has 0 aromatic heterocycles. The first-order valence-electron chi connectivity index (χ1n) is 4.38. The molecule has 0 saturated heterocycles. The van der Waals surface area contributed by atoms with Gasteiger partial charge in [0, 0.05) is 17.4 Å². The molecule has 0 unspecified atom stereocenters. The largest absolute Gasteiger partial charge is 1.00 e. The van der Waals surface area contributed by atoms with E-state index in [0.29, 0.717) is 17.0 Å². The van der Waals surface area contributed by atoms with Gasteiger partial charge < -0.3 is 1.43 Å². The third-order valence-corrected chi connectivity index (χ3v) is 2.63. The Balaban J connectivity index is 0. The maximum Gasteiger partial charge on any atom is 1.00 e. The third-order valence-electron chi connectivity index (χ3n) is 1.83. The normalized spacial score (nSPS) is 11.9. The number of halogens is 5. The molecule has 0 saturated carbocycles. The number of carbonyl (C=O) groups is 1. The minimum Gasteiger partial charge on any atom is -1.00 e. The number of thioether (sulfide) groups is 1. The van der Waals surface area contributed by atoms with Crippen molar-refractivity contribution in [1.29, 1.82) is 0 Å². The molecule has 1 aromatic rings. The van der Waals surface area contributed by atoms with E-state index in [1.807, 2.05) is 0 Å². The van der Waals surface area contributed by atoms with Gasteiger partial charge in [-0.05, 0) is 12.1 Å². The van der Waals surface area contributed by atoms with Gasteiger partial charge in [0.15, 0.2) is 5.12 Å². The Morgan fingerprint density at radius 1 is 1.11 bits per heavy atom. The fourth-order valence-electron chi connectivity index (χ4n) is 1.06. The Morgan fingerprint density at radius 3 is 1.89 bits per heavy atom. The zero-order valence-corrected chi connectivity index (χ0v) is 12.3. The summed E-state index contributed by atoms with van der Waals surface area (Å²) < 4.78 is 61.8. The van der Waals surface area contributed by atoms with Gasteiger partial charge in [0.2, 0.25) is 0 Å². The van der Waals surface area contributed by atoms with Crippen LogP contribution in [0.1, 0.15) is 13.9 Å². The van der Waals surface area contributed by atoms with Crippen molar-refractivity contribution in [3.8, 4) is 0 Å². The van der Waals surface area contributed by atoms with Gasteiger partial charge in [0.1, 0.15) is 0 Å². The Hall–Kier alpha value is -0.110. The molecule has 18 heavy (non-hydrogen) atoms. The summed E-state index contributed by atoms with van der Waals surface area (Å²) in [6, 6.07) is 3.44. The maximum absolute atomic E-state index is 12.9. The molecule has 0 radical (unpaired) electrons. The van der Waals surface area contributed by atoms with Crippen LogP contribution >= 0.6 is 11.8 Å². The SMILES string of the molecule is CC(=O)Sc1ccc(C(F)(F)C(F)(F)F)cc1.[H-].[Na+]. The van der Waals surface area contributed by atoms with Crippen molar-refractivity contribution in [2.75, 3.05) is 0 Å². The second-order valence-electron chi connectivity index (χ2n) is 3.19. The molecule has 0 amide bonds. The van der Waals surface area contributed by atoms with Gasteiger partial charge >= 0.3 is 41.7 Å². The van der Waals surface area contributed by atoms with Crippen LogP contribution in [-0.2, 0) is 10.7 Å². The van der Waals surface area contributed by atoms with E-state index < -0.39 is 17.7 Å². The summed E-state index contributed by atoms with van der Waals surface area (Å²) in [7, 11) is 0. The average molecular weight is 294 g/mol. The van der Waals surface area contributed by atoms with Crippen LogP contribution in [0.15, 0.2) is 29.2 Å². The van der Waals surface area contributed by atoms with Crippen LogP contribution in [-0.4, -0.2) is 11.3 Å². The topological polar surface area (TPSA) is 17.1 Å². The summed E-state index contributed by atoms with van der Waals surface area (Å²) >= 11 is 0.760. The number of alkyl halides is 5. The number of hydrogen-bond donors (Lipinski definition) is 0. The summed E-state index contributed by atoms with van der Waals surface area (Å²) in [4.78, 5) is 11.0. The van der Waals surface area contributed by atoms with Crippen LogP contribution in [0.4, 0.5) is 22.0 Å². The average Bonchev–Trinajstić information content (AvgIpc) is 2.15. The molecule has 96 valence electrons. The summed E-state index contributed by atoms with van der Waals surface area (Å²) in [6.45, 7) is 1.27. The Kier molecular flexibility index (Phi) is 6.32. The van der Waals surface area contributed by atoms with Crippen molar-refractivity contribution in [2.24, 2.45) is 0 Å². The van der Waals surface area contributed by atoms with E-state index in [-0.39, 0.29) is 36.1 Å². The van der Waals surface area contributed by atoms with Crippen molar-refractivity contribution in [1.82, 2.24) is 0 Å². The molecule has 0 bridgehead atoms. The van der Waals surface area contributed by atoms with Gasteiger partial charge in [-0.1, -0.05) is 23.9 Å². The van der Waals surface area contributed by atoms with E-state index in [2.05, 4.69) is 0 Å². The van der Waals surface area contributed by atoms with Crippen LogP contribution in [0.3, 0.4) is 0 Å². The molecular weight excluding hydrogens is 286 g/mol. The van der Waals surface area contributed by atoms with Gasteiger partial charge in [-0.3, -0.25) is 4.79 Å². The van der Waals surface area contributed by atoms with Crippen molar-refractivity contribution in [3.63, 3.8) is 0 Å². The van der Waals surface area contributed by atoms with Crippen LogP contribution in [0.5, 0.6) is 0 Å². The van der Waals surface area contributed by atoms with Gasteiger partial charge in [-0.25, -0.2) is 0 Å². The van der Waals surface area contributed by atoms with Crippen molar-refractivity contribution in [2.45, 2.75) is 23.9 Å². The summed E-state index contributed by atoms with van der Waals surface area (Å²) in [5.74, 6) is -4.88. The molecule has 0 N–H and O–H groups in total. The van der Waals surface area contributed by atoms with Gasteiger partial charge in [-0.15, -0.1) is 0 Å². The van der Waals surface area contributed by atoms with Crippen molar-refractivity contribution >= 4 is 16.9 Å². The molecule has 0 atom stereocenters. The number of benzene rings is 1. The van der Waals surface area contributed by atoms with Crippen LogP contribution in [0.25, 0.3) is 0 Å². The molecule has 0 spiro atoms. The summed E-state index contributed by atoms with van der Waals surface area (Å²) in [5, 5.41) is -0.277. The standard InChI is InChI=1S/C10H7F5OS.Na.H/c1-6(16)17-8-4-2-7(3-5-8)9(11,12)10(13,14)15;;/h2-5H,1H3;;/q;+1;-1. The van der Waals surface area contributed by atoms with Crippen LogP contribution < -0.4 is 29.6 Å². The Bertz CT molecular complexity index is 421. The van der Waals surface area contributed by atoms with Gasteiger partial charge in [-0.2, -0.15) is 22.0 Å². The quantitative estimate of drug-likeness (QED) is 0.461. The summed E-state index contributed by atoms with van der Waals surface area (Å²) in [6.07, 6.45) is -5.62. The zero-order valence-electron chi connectivity index (χ0n) is 10.5. The second-order valence-corrected chi connectivity index (χ2v) is 4.44. The van der Waals surface area contributed by atoms with E-state index in [9.17, 15) is 26.7 Å². The van der Waals surface area contributed by atoms with Crippen molar-refractivity contribution in [3.05, 3.63) is 29.8 Å². The van der Waals surface area contributed by atoms with Crippen LogP contribution in [0.2, 0.25) is 0 Å². The molecule has 0 aliphatic rings. The third kappa shape index (κ3) is 4.22. The van der Waals surface area contributed by atoms with Gasteiger partial charge in [0.05, 0.1) is 0 Å². The fourth-order valence-corrected chi connectivity index (χ4v) is 1.67. The van der Waals surface area contributed by atoms with E-state index in [0.717, 1.165) is 23.9 Å². The second kappa shape index (κ2) is 6.36. The van der Waals surface area contributed by atoms with E-state index in [1.54, 1.807) is 0 Å². The Labute approximate surface area is 128 Å². The van der Waals surface area contributed by atoms with E-state index in [1.165, 1.54) is 6.92 Å². The number of carbonyl (C=O) groups excluding carboxylic acids is 1. The van der Waals surface area contributed by atoms with Gasteiger partial charge in [0.25, 0.3) is 0 Å². The molecule has 1 aromatic carbocycles. The minimum atomic E-state index is -5.62. The minimum absolute atomic E-state index is 0. The predicted octanol–water partition coefficient (Wildman–Crippen LogP) is 1.10. The van der Waals surface area contributed by atoms with Crippen LogP contribution in [0, 0.1) is 0 Å². The molecular formula is C10H8F5NaOS. The molecule has 1 nitrogen and oxygen atoms in total. The number of rotatable bonds is 2. The molecule has 1 rings (SSSR count). The smallest absolute Gasteiger partial charge is 1.00 e. The first-order valence-corrected chi connectivity index (χ1v) is 5.20. The molecule has 8 heteroatoms. The first-order chi connectivity index (χ1) is 7.64. The predicted molar refractivity (Wildman–Crippen MR) is 54.0 cm³/mol.